The zero-order chi connectivity index (χ0) is 15.6. The largest absolute Gasteiger partial charge is 0.396 e. The zero-order valence-corrected chi connectivity index (χ0v) is 12.7. The van der Waals surface area contributed by atoms with E-state index >= 15 is 0 Å². The van der Waals surface area contributed by atoms with E-state index in [-0.39, 0.29) is 24.5 Å². The normalized spacial score (nSPS) is 19.8. The fraction of sp³-hybridized carbons (Fsp3) is 0.500. The molecule has 0 radical (unpaired) electrons. The van der Waals surface area contributed by atoms with Crippen LogP contribution in [0.2, 0.25) is 0 Å². The van der Waals surface area contributed by atoms with Crippen molar-refractivity contribution in [2.45, 2.75) is 32.7 Å². The second-order valence-electron chi connectivity index (χ2n) is 5.80. The van der Waals surface area contributed by atoms with Crippen molar-refractivity contribution in [3.8, 4) is 0 Å². The summed E-state index contributed by atoms with van der Waals surface area (Å²) < 4.78 is 0. The third-order valence-electron chi connectivity index (χ3n) is 4.15. The second-order valence-corrected chi connectivity index (χ2v) is 5.80. The molecular formula is C16H22N2O3. The summed E-state index contributed by atoms with van der Waals surface area (Å²) in [6.45, 7) is 6.14. The topological polar surface area (TPSA) is 69.6 Å². The number of nitrogens with zero attached hydrogens (tertiary/aromatic N) is 1. The van der Waals surface area contributed by atoms with Crippen LogP contribution in [0.5, 0.6) is 0 Å². The summed E-state index contributed by atoms with van der Waals surface area (Å²) in [5.41, 5.74) is 1.91. The van der Waals surface area contributed by atoms with Crippen molar-refractivity contribution in [1.82, 2.24) is 5.32 Å². The van der Waals surface area contributed by atoms with E-state index in [1.807, 2.05) is 38.1 Å². The van der Waals surface area contributed by atoms with Gasteiger partial charge in [-0.05, 0) is 24.5 Å². The van der Waals surface area contributed by atoms with Crippen molar-refractivity contribution in [3.05, 3.63) is 29.8 Å². The quantitative estimate of drug-likeness (QED) is 0.824. The van der Waals surface area contributed by atoms with E-state index in [0.717, 1.165) is 11.3 Å². The fourth-order valence-electron chi connectivity index (χ4n) is 2.50. The Labute approximate surface area is 125 Å². The molecule has 5 nitrogen and oxygen atoms in total. The zero-order valence-electron chi connectivity index (χ0n) is 12.7. The van der Waals surface area contributed by atoms with E-state index in [0.29, 0.717) is 6.54 Å². The minimum absolute atomic E-state index is 0.0286. The van der Waals surface area contributed by atoms with Crippen LogP contribution in [0.1, 0.15) is 32.3 Å². The van der Waals surface area contributed by atoms with Gasteiger partial charge in [0.25, 0.3) is 0 Å². The fourth-order valence-corrected chi connectivity index (χ4v) is 2.50. The van der Waals surface area contributed by atoms with Gasteiger partial charge in [-0.3, -0.25) is 9.59 Å². The number of fused-ring (bicyclic) bond motifs is 1. The number of carbonyl (C=O) groups is 2. The number of amides is 2. The third-order valence-corrected chi connectivity index (χ3v) is 4.15. The number of benzene rings is 1. The predicted molar refractivity (Wildman–Crippen MR) is 81.1 cm³/mol. The molecule has 21 heavy (non-hydrogen) atoms. The highest BCUT2D eigenvalue weighted by Gasteiger charge is 2.33. The Bertz CT molecular complexity index is 544. The number of hydrogen-bond acceptors (Lipinski definition) is 3. The first-order chi connectivity index (χ1) is 9.95. The molecule has 0 aliphatic carbocycles. The van der Waals surface area contributed by atoms with Gasteiger partial charge in [-0.2, -0.15) is 0 Å². The Hall–Kier alpha value is -1.88. The lowest BCUT2D eigenvalue weighted by Crippen LogP contribution is -2.47. The van der Waals surface area contributed by atoms with E-state index in [4.69, 9.17) is 5.11 Å². The van der Waals surface area contributed by atoms with Gasteiger partial charge in [0.2, 0.25) is 0 Å². The molecule has 114 valence electrons. The predicted octanol–water partition coefficient (Wildman–Crippen LogP) is 1.27. The summed E-state index contributed by atoms with van der Waals surface area (Å²) in [7, 11) is 0. The summed E-state index contributed by atoms with van der Waals surface area (Å²) in [6.07, 6.45) is 0. The Morgan fingerprint density at radius 3 is 2.71 bits per heavy atom. The smallest absolute Gasteiger partial charge is 0.316 e. The van der Waals surface area contributed by atoms with Gasteiger partial charge in [-0.25, -0.2) is 0 Å². The number of para-hydroxylation sites is 1. The maximum atomic E-state index is 12.4. The molecule has 3 atom stereocenters. The van der Waals surface area contributed by atoms with Crippen LogP contribution in [0.25, 0.3) is 0 Å². The van der Waals surface area contributed by atoms with E-state index in [9.17, 15) is 9.59 Å². The van der Waals surface area contributed by atoms with Gasteiger partial charge in [-0.1, -0.05) is 32.0 Å². The summed E-state index contributed by atoms with van der Waals surface area (Å²) >= 11 is 0. The molecule has 0 fully saturated rings. The molecule has 1 aliphatic heterocycles. The van der Waals surface area contributed by atoms with Crippen LogP contribution in [0.15, 0.2) is 24.3 Å². The van der Waals surface area contributed by atoms with Crippen LogP contribution in [-0.4, -0.2) is 36.1 Å². The number of anilines is 1. The monoisotopic (exact) mass is 290 g/mol. The summed E-state index contributed by atoms with van der Waals surface area (Å²) in [5.74, 6) is -1.02. The van der Waals surface area contributed by atoms with Crippen LogP contribution in [0, 0.1) is 5.92 Å². The van der Waals surface area contributed by atoms with Crippen molar-refractivity contribution >= 4 is 17.5 Å². The maximum absolute atomic E-state index is 12.4. The Kier molecular flexibility index (Phi) is 4.63. The Balaban J connectivity index is 2.09. The highest BCUT2D eigenvalue weighted by Crippen LogP contribution is 2.35. The standard InChI is InChI=1S/C16H22N2O3/c1-10-8-18(14-7-5-4-6-13(10)14)16(21)15(20)17-12(3)11(2)9-19/h4-7,10-12,19H,8-9H2,1-3H3,(H,17,20). The first-order valence-electron chi connectivity index (χ1n) is 7.27. The van der Waals surface area contributed by atoms with Crippen LogP contribution in [0.3, 0.4) is 0 Å². The van der Waals surface area contributed by atoms with E-state index in [1.54, 1.807) is 6.92 Å². The lowest BCUT2D eigenvalue weighted by Gasteiger charge is -2.22. The molecule has 2 rings (SSSR count). The van der Waals surface area contributed by atoms with Gasteiger partial charge >= 0.3 is 11.8 Å². The second kappa shape index (κ2) is 6.26. The molecule has 1 aromatic rings. The van der Waals surface area contributed by atoms with E-state index in [2.05, 4.69) is 5.32 Å². The molecule has 2 amide bonds. The molecule has 0 aromatic heterocycles. The van der Waals surface area contributed by atoms with Crippen LogP contribution in [0.4, 0.5) is 5.69 Å². The van der Waals surface area contributed by atoms with Crippen molar-refractivity contribution in [3.63, 3.8) is 0 Å². The molecule has 0 saturated heterocycles. The van der Waals surface area contributed by atoms with Crippen LogP contribution >= 0.6 is 0 Å². The number of carbonyl (C=O) groups excluding carboxylic acids is 2. The summed E-state index contributed by atoms with van der Waals surface area (Å²) in [6, 6.07) is 7.41. The number of aliphatic hydroxyl groups excluding tert-OH is 1. The van der Waals surface area contributed by atoms with Crippen LogP contribution in [-0.2, 0) is 9.59 Å². The summed E-state index contributed by atoms with van der Waals surface area (Å²) in [5, 5.41) is 11.7. The number of aliphatic hydroxyl groups is 1. The first-order valence-corrected chi connectivity index (χ1v) is 7.27. The van der Waals surface area contributed by atoms with E-state index < -0.39 is 11.8 Å². The van der Waals surface area contributed by atoms with Gasteiger partial charge in [0.05, 0.1) is 0 Å². The van der Waals surface area contributed by atoms with Gasteiger partial charge in [0, 0.05) is 30.8 Å². The molecule has 5 heteroatoms. The maximum Gasteiger partial charge on any atom is 0.316 e. The molecule has 0 bridgehead atoms. The molecule has 3 unspecified atom stereocenters. The third kappa shape index (κ3) is 3.08. The molecule has 0 spiro atoms. The average Bonchev–Trinajstić information content (AvgIpc) is 2.83. The number of hydrogen-bond donors (Lipinski definition) is 2. The van der Waals surface area contributed by atoms with Crippen LogP contribution < -0.4 is 10.2 Å². The molecule has 1 heterocycles. The lowest BCUT2D eigenvalue weighted by atomic mass is 10.0. The first kappa shape index (κ1) is 15.5. The SMILES string of the molecule is CC1CN(C(=O)C(=O)NC(C)C(C)CO)c2ccccc21. The molecule has 1 aromatic carbocycles. The molecular weight excluding hydrogens is 268 g/mol. The Morgan fingerprint density at radius 2 is 2.05 bits per heavy atom. The molecule has 0 saturated carbocycles. The van der Waals surface area contributed by atoms with Gasteiger partial charge in [0.15, 0.2) is 0 Å². The van der Waals surface area contributed by atoms with E-state index in [1.165, 1.54) is 4.90 Å². The Morgan fingerprint density at radius 1 is 1.38 bits per heavy atom. The minimum Gasteiger partial charge on any atom is -0.396 e. The van der Waals surface area contributed by atoms with Crippen molar-refractivity contribution in [2.24, 2.45) is 5.92 Å². The number of rotatable bonds is 3. The highest BCUT2D eigenvalue weighted by molar-refractivity contribution is 6.40. The molecule has 1 aliphatic rings. The number of nitrogens with one attached hydrogen (secondary N) is 1. The van der Waals surface area contributed by atoms with Crippen molar-refractivity contribution in [2.75, 3.05) is 18.1 Å². The van der Waals surface area contributed by atoms with Crippen molar-refractivity contribution in [1.29, 1.82) is 0 Å². The molecule has 2 N–H and O–H groups in total. The highest BCUT2D eigenvalue weighted by atomic mass is 16.3. The lowest BCUT2D eigenvalue weighted by molar-refractivity contribution is -0.138. The van der Waals surface area contributed by atoms with Crippen molar-refractivity contribution < 1.29 is 14.7 Å². The average molecular weight is 290 g/mol. The van der Waals surface area contributed by atoms with Gasteiger partial charge in [0.1, 0.15) is 0 Å². The van der Waals surface area contributed by atoms with Gasteiger partial charge < -0.3 is 15.3 Å². The summed E-state index contributed by atoms with van der Waals surface area (Å²) in [4.78, 5) is 26.0. The minimum atomic E-state index is -0.619. The van der Waals surface area contributed by atoms with Gasteiger partial charge in [-0.15, -0.1) is 0 Å².